The quantitative estimate of drug-likeness (QED) is 0.319. The maximum atomic E-state index is 13.9. The number of ether oxygens (including phenoxy) is 1. The van der Waals surface area contributed by atoms with Gasteiger partial charge in [-0.15, -0.1) is 0 Å². The molecule has 0 aromatic heterocycles. The van der Waals surface area contributed by atoms with Crippen LogP contribution in [0.15, 0.2) is 76.1 Å². The van der Waals surface area contributed by atoms with Crippen molar-refractivity contribution < 1.29 is 18.7 Å². The standard InChI is InChI=1S/C24H16BrClFNO3S/c25-18-11-15(9-10-21(18)31-14-17-6-1-3-7-19(17)26)12-22-23(29)28(24(30)32-22)13-16-5-2-4-8-20(16)27/h1-12H,13-14H2/b22-12+. The molecule has 162 valence electrons. The number of rotatable bonds is 6. The number of amides is 2. The molecular weight excluding hydrogens is 517 g/mol. The maximum Gasteiger partial charge on any atom is 0.293 e. The first-order valence-electron chi connectivity index (χ1n) is 9.57. The van der Waals surface area contributed by atoms with Crippen LogP contribution in [0.5, 0.6) is 5.75 Å². The average molecular weight is 533 g/mol. The first-order chi connectivity index (χ1) is 15.4. The molecule has 0 aliphatic carbocycles. The SMILES string of the molecule is O=C1S/C(=C/c2ccc(OCc3ccccc3Cl)c(Br)c2)C(=O)N1Cc1ccccc1F. The Bertz CT molecular complexity index is 1230. The first-order valence-corrected chi connectivity index (χ1v) is 11.6. The van der Waals surface area contributed by atoms with Gasteiger partial charge in [-0.2, -0.15) is 0 Å². The van der Waals surface area contributed by atoms with E-state index >= 15 is 0 Å². The lowest BCUT2D eigenvalue weighted by Crippen LogP contribution is -2.27. The van der Waals surface area contributed by atoms with Gasteiger partial charge in [-0.05, 0) is 63.6 Å². The van der Waals surface area contributed by atoms with Crippen molar-refractivity contribution in [3.05, 3.63) is 104 Å². The van der Waals surface area contributed by atoms with E-state index in [0.717, 1.165) is 27.8 Å². The fraction of sp³-hybridized carbons (Fsp3) is 0.0833. The molecule has 0 radical (unpaired) electrons. The molecule has 0 saturated carbocycles. The molecule has 1 aliphatic rings. The maximum absolute atomic E-state index is 13.9. The van der Waals surface area contributed by atoms with E-state index in [1.165, 1.54) is 6.07 Å². The third-order valence-electron chi connectivity index (χ3n) is 4.75. The zero-order chi connectivity index (χ0) is 22.7. The molecule has 32 heavy (non-hydrogen) atoms. The highest BCUT2D eigenvalue weighted by Gasteiger charge is 2.35. The molecule has 0 atom stereocenters. The Balaban J connectivity index is 1.47. The van der Waals surface area contributed by atoms with E-state index in [1.54, 1.807) is 48.5 Å². The van der Waals surface area contributed by atoms with Gasteiger partial charge in [0.25, 0.3) is 11.1 Å². The topological polar surface area (TPSA) is 46.6 Å². The minimum absolute atomic E-state index is 0.104. The minimum atomic E-state index is -0.452. The molecule has 0 N–H and O–H groups in total. The number of benzene rings is 3. The molecule has 0 spiro atoms. The van der Waals surface area contributed by atoms with Crippen LogP contribution in [0, 0.1) is 5.82 Å². The Morgan fingerprint density at radius 3 is 2.47 bits per heavy atom. The van der Waals surface area contributed by atoms with Gasteiger partial charge in [-0.3, -0.25) is 14.5 Å². The predicted octanol–water partition coefficient (Wildman–Crippen LogP) is 7.06. The molecule has 1 heterocycles. The molecule has 3 aromatic carbocycles. The normalized spacial score (nSPS) is 15.0. The number of thioether (sulfide) groups is 1. The summed E-state index contributed by atoms with van der Waals surface area (Å²) in [5, 5.41) is 0.203. The Morgan fingerprint density at radius 2 is 1.75 bits per heavy atom. The molecule has 1 saturated heterocycles. The Kier molecular flexibility index (Phi) is 6.98. The summed E-state index contributed by atoms with van der Waals surface area (Å²) in [5.74, 6) is -0.278. The zero-order valence-electron chi connectivity index (χ0n) is 16.6. The number of carbonyl (C=O) groups is 2. The van der Waals surface area contributed by atoms with E-state index in [4.69, 9.17) is 16.3 Å². The Labute approximate surface area is 202 Å². The molecule has 0 unspecified atom stereocenters. The van der Waals surface area contributed by atoms with Crippen LogP contribution in [0.25, 0.3) is 6.08 Å². The number of hydrogen-bond donors (Lipinski definition) is 0. The molecule has 1 fully saturated rings. The van der Waals surface area contributed by atoms with Crippen LogP contribution >= 0.6 is 39.3 Å². The van der Waals surface area contributed by atoms with Gasteiger partial charge in [-0.25, -0.2) is 4.39 Å². The van der Waals surface area contributed by atoms with Gasteiger partial charge < -0.3 is 4.74 Å². The molecule has 2 amide bonds. The first kappa shape index (κ1) is 22.6. The third kappa shape index (κ3) is 5.06. The number of halogens is 3. The van der Waals surface area contributed by atoms with Crippen LogP contribution in [-0.4, -0.2) is 16.0 Å². The van der Waals surface area contributed by atoms with Gasteiger partial charge in [0.1, 0.15) is 18.2 Å². The summed E-state index contributed by atoms with van der Waals surface area (Å²) in [6, 6.07) is 18.9. The molecule has 4 rings (SSSR count). The summed E-state index contributed by atoms with van der Waals surface area (Å²) in [6.07, 6.45) is 1.63. The summed E-state index contributed by atoms with van der Waals surface area (Å²) in [6.45, 7) is 0.208. The lowest BCUT2D eigenvalue weighted by molar-refractivity contribution is -0.123. The molecule has 8 heteroatoms. The van der Waals surface area contributed by atoms with Gasteiger partial charge in [0.05, 0.1) is 15.9 Å². The second-order valence-electron chi connectivity index (χ2n) is 6.93. The van der Waals surface area contributed by atoms with E-state index in [9.17, 15) is 14.0 Å². The molecular formula is C24H16BrClFNO3S. The second kappa shape index (κ2) is 9.90. The van der Waals surface area contributed by atoms with Gasteiger partial charge >= 0.3 is 0 Å². The van der Waals surface area contributed by atoms with Gasteiger partial charge in [0, 0.05) is 16.1 Å². The summed E-state index contributed by atoms with van der Waals surface area (Å²) >= 11 is 10.5. The number of nitrogens with zero attached hydrogens (tertiary/aromatic N) is 1. The summed E-state index contributed by atoms with van der Waals surface area (Å²) < 4.78 is 20.5. The lowest BCUT2D eigenvalue weighted by atomic mass is 10.2. The Morgan fingerprint density at radius 1 is 1.03 bits per heavy atom. The fourth-order valence-electron chi connectivity index (χ4n) is 3.08. The van der Waals surface area contributed by atoms with Crippen LogP contribution in [0.1, 0.15) is 16.7 Å². The summed E-state index contributed by atoms with van der Waals surface area (Å²) in [7, 11) is 0. The van der Waals surface area contributed by atoms with Crippen molar-refractivity contribution in [3.8, 4) is 5.75 Å². The Hall–Kier alpha value is -2.61. The molecule has 3 aromatic rings. The van der Waals surface area contributed by atoms with Gasteiger partial charge in [0.2, 0.25) is 0 Å². The fourth-order valence-corrected chi connectivity index (χ4v) is 4.62. The number of imide groups is 1. The lowest BCUT2D eigenvalue weighted by Gasteiger charge is -2.12. The number of hydrogen-bond acceptors (Lipinski definition) is 4. The van der Waals surface area contributed by atoms with Crippen LogP contribution in [0.4, 0.5) is 9.18 Å². The smallest absolute Gasteiger partial charge is 0.293 e. The monoisotopic (exact) mass is 531 g/mol. The highest BCUT2D eigenvalue weighted by Crippen LogP contribution is 2.35. The van der Waals surface area contributed by atoms with Crippen molar-refractivity contribution in [2.45, 2.75) is 13.2 Å². The van der Waals surface area contributed by atoms with E-state index < -0.39 is 17.0 Å². The van der Waals surface area contributed by atoms with Gasteiger partial charge in [-0.1, -0.05) is 54.1 Å². The van der Waals surface area contributed by atoms with Crippen LogP contribution < -0.4 is 4.74 Å². The van der Waals surface area contributed by atoms with Crippen molar-refractivity contribution in [2.24, 2.45) is 0 Å². The zero-order valence-corrected chi connectivity index (χ0v) is 19.7. The molecule has 0 bridgehead atoms. The van der Waals surface area contributed by atoms with Crippen molar-refractivity contribution in [1.82, 2.24) is 4.90 Å². The average Bonchev–Trinajstić information content (AvgIpc) is 3.03. The third-order valence-corrected chi connectivity index (χ3v) is 6.65. The van der Waals surface area contributed by atoms with Crippen LogP contribution in [0.3, 0.4) is 0 Å². The van der Waals surface area contributed by atoms with Crippen LogP contribution in [0.2, 0.25) is 5.02 Å². The van der Waals surface area contributed by atoms with E-state index in [0.29, 0.717) is 27.4 Å². The highest BCUT2D eigenvalue weighted by atomic mass is 79.9. The van der Waals surface area contributed by atoms with Gasteiger partial charge in [0.15, 0.2) is 0 Å². The number of carbonyl (C=O) groups excluding carboxylic acids is 2. The summed E-state index contributed by atoms with van der Waals surface area (Å²) in [5.41, 5.74) is 1.88. The van der Waals surface area contributed by atoms with Crippen LogP contribution in [-0.2, 0) is 17.9 Å². The largest absolute Gasteiger partial charge is 0.488 e. The van der Waals surface area contributed by atoms with Crippen molar-refractivity contribution in [2.75, 3.05) is 0 Å². The van der Waals surface area contributed by atoms with Crippen molar-refractivity contribution in [1.29, 1.82) is 0 Å². The van der Waals surface area contributed by atoms with E-state index in [2.05, 4.69) is 15.9 Å². The molecule has 4 nitrogen and oxygen atoms in total. The second-order valence-corrected chi connectivity index (χ2v) is 9.18. The minimum Gasteiger partial charge on any atom is -0.488 e. The summed E-state index contributed by atoms with van der Waals surface area (Å²) in [4.78, 5) is 26.4. The highest BCUT2D eigenvalue weighted by molar-refractivity contribution is 9.10. The van der Waals surface area contributed by atoms with Crippen molar-refractivity contribution >= 4 is 56.5 Å². The van der Waals surface area contributed by atoms with E-state index in [-0.39, 0.29) is 11.4 Å². The van der Waals surface area contributed by atoms with Crippen molar-refractivity contribution in [3.63, 3.8) is 0 Å². The predicted molar refractivity (Wildman–Crippen MR) is 128 cm³/mol. The molecule has 1 aliphatic heterocycles. The van der Waals surface area contributed by atoms with E-state index in [1.807, 2.05) is 18.2 Å².